The Morgan fingerprint density at radius 1 is 0.750 bits per heavy atom. The number of hydrogen-bond acceptors (Lipinski definition) is 2. The van der Waals surface area contributed by atoms with Crippen LogP contribution in [0, 0.1) is 13.8 Å². The number of benzene rings is 2. The standard InChI is InChI=1S/C18H20N2/c1-15-5-3-7-17(13-15)9-11-19-20-12-10-18-8-4-6-16(2)14-18/h3-8,11-14H,9-10H2,1-2H3/b19-11+,20-12+. The van der Waals surface area contributed by atoms with Crippen LogP contribution in [0.1, 0.15) is 22.3 Å². The predicted octanol–water partition coefficient (Wildman–Crippen LogP) is 4.15. The zero-order valence-electron chi connectivity index (χ0n) is 12.1. The van der Waals surface area contributed by atoms with Crippen LogP contribution in [0.15, 0.2) is 58.7 Å². The van der Waals surface area contributed by atoms with Crippen molar-refractivity contribution in [3.8, 4) is 0 Å². The van der Waals surface area contributed by atoms with E-state index in [9.17, 15) is 0 Å². The van der Waals surface area contributed by atoms with Gasteiger partial charge < -0.3 is 0 Å². The Bertz CT molecular complexity index is 557. The molecule has 0 N–H and O–H groups in total. The number of nitrogens with zero attached hydrogens (tertiary/aromatic N) is 2. The third-order valence-electron chi connectivity index (χ3n) is 3.05. The van der Waals surface area contributed by atoms with Gasteiger partial charge in [-0.25, -0.2) is 0 Å². The van der Waals surface area contributed by atoms with E-state index in [0.717, 1.165) is 12.8 Å². The zero-order chi connectivity index (χ0) is 14.2. The molecule has 102 valence electrons. The Hall–Kier alpha value is -2.22. The first-order valence-electron chi connectivity index (χ1n) is 6.88. The molecule has 0 atom stereocenters. The Labute approximate surface area is 120 Å². The molecule has 0 fully saturated rings. The summed E-state index contributed by atoms with van der Waals surface area (Å²) in [4.78, 5) is 0. The molecule has 0 saturated heterocycles. The van der Waals surface area contributed by atoms with Gasteiger partial charge in [-0.15, -0.1) is 0 Å². The highest BCUT2D eigenvalue weighted by Gasteiger charge is 1.91. The Kier molecular flexibility index (Phi) is 5.24. The number of hydrogen-bond donors (Lipinski definition) is 0. The normalized spacial score (nSPS) is 11.5. The first kappa shape index (κ1) is 14.2. The first-order valence-corrected chi connectivity index (χ1v) is 6.88. The van der Waals surface area contributed by atoms with Crippen molar-refractivity contribution in [3.63, 3.8) is 0 Å². The molecular weight excluding hydrogens is 244 g/mol. The summed E-state index contributed by atoms with van der Waals surface area (Å²) in [5.74, 6) is 0. The molecule has 20 heavy (non-hydrogen) atoms. The van der Waals surface area contributed by atoms with Gasteiger partial charge >= 0.3 is 0 Å². The molecule has 0 saturated carbocycles. The van der Waals surface area contributed by atoms with Gasteiger partial charge in [0.15, 0.2) is 0 Å². The van der Waals surface area contributed by atoms with E-state index >= 15 is 0 Å². The molecule has 0 radical (unpaired) electrons. The van der Waals surface area contributed by atoms with Crippen LogP contribution in [0.25, 0.3) is 0 Å². The van der Waals surface area contributed by atoms with Crippen molar-refractivity contribution in [2.24, 2.45) is 10.2 Å². The Morgan fingerprint density at radius 3 is 1.60 bits per heavy atom. The topological polar surface area (TPSA) is 24.7 Å². The van der Waals surface area contributed by atoms with Crippen molar-refractivity contribution in [3.05, 3.63) is 70.8 Å². The molecule has 0 heterocycles. The van der Waals surface area contributed by atoms with Crippen LogP contribution >= 0.6 is 0 Å². The van der Waals surface area contributed by atoms with Gasteiger partial charge in [0, 0.05) is 25.3 Å². The summed E-state index contributed by atoms with van der Waals surface area (Å²) in [5, 5.41) is 8.16. The quantitative estimate of drug-likeness (QED) is 0.572. The predicted molar refractivity (Wildman–Crippen MR) is 86.8 cm³/mol. The summed E-state index contributed by atoms with van der Waals surface area (Å²) >= 11 is 0. The van der Waals surface area contributed by atoms with E-state index in [1.165, 1.54) is 22.3 Å². The van der Waals surface area contributed by atoms with Crippen LogP contribution in [-0.2, 0) is 12.8 Å². The van der Waals surface area contributed by atoms with E-state index in [4.69, 9.17) is 0 Å². The van der Waals surface area contributed by atoms with Crippen LogP contribution in [0.3, 0.4) is 0 Å². The minimum atomic E-state index is 0.823. The van der Waals surface area contributed by atoms with Crippen LogP contribution in [0.4, 0.5) is 0 Å². The number of rotatable bonds is 5. The molecular formula is C18H20N2. The highest BCUT2D eigenvalue weighted by molar-refractivity contribution is 5.65. The maximum atomic E-state index is 4.08. The second-order valence-corrected chi connectivity index (χ2v) is 4.98. The molecule has 0 amide bonds. The Balaban J connectivity index is 1.80. The van der Waals surface area contributed by atoms with Crippen LogP contribution in [0.2, 0.25) is 0 Å². The molecule has 0 spiro atoms. The monoisotopic (exact) mass is 264 g/mol. The van der Waals surface area contributed by atoms with Crippen molar-refractivity contribution < 1.29 is 0 Å². The van der Waals surface area contributed by atoms with Crippen molar-refractivity contribution in [2.75, 3.05) is 0 Å². The maximum absolute atomic E-state index is 4.08. The third kappa shape index (κ3) is 4.81. The van der Waals surface area contributed by atoms with Gasteiger partial charge in [0.2, 0.25) is 0 Å². The summed E-state index contributed by atoms with van der Waals surface area (Å²) < 4.78 is 0. The van der Waals surface area contributed by atoms with E-state index in [1.54, 1.807) is 0 Å². The smallest absolute Gasteiger partial charge is 0.0313 e. The van der Waals surface area contributed by atoms with E-state index in [2.05, 4.69) is 72.6 Å². The molecule has 2 rings (SSSR count). The van der Waals surface area contributed by atoms with Gasteiger partial charge in [0.05, 0.1) is 0 Å². The maximum Gasteiger partial charge on any atom is 0.0313 e. The molecule has 0 aliphatic rings. The summed E-state index contributed by atoms with van der Waals surface area (Å²) in [6.45, 7) is 4.20. The van der Waals surface area contributed by atoms with E-state index in [1.807, 2.05) is 12.4 Å². The largest absolute Gasteiger partial charge is 0.164 e. The minimum absolute atomic E-state index is 0.823. The van der Waals surface area contributed by atoms with Crippen molar-refractivity contribution >= 4 is 12.4 Å². The van der Waals surface area contributed by atoms with Crippen LogP contribution < -0.4 is 0 Å². The zero-order valence-corrected chi connectivity index (χ0v) is 12.1. The van der Waals surface area contributed by atoms with Crippen LogP contribution in [0.5, 0.6) is 0 Å². The molecule has 2 nitrogen and oxygen atoms in total. The van der Waals surface area contributed by atoms with Gasteiger partial charge in [0.1, 0.15) is 0 Å². The van der Waals surface area contributed by atoms with E-state index < -0.39 is 0 Å². The minimum Gasteiger partial charge on any atom is -0.164 e. The lowest BCUT2D eigenvalue weighted by molar-refractivity contribution is 1.20. The average Bonchev–Trinajstić information content (AvgIpc) is 2.43. The molecule has 0 aromatic heterocycles. The van der Waals surface area contributed by atoms with Gasteiger partial charge in [-0.1, -0.05) is 59.7 Å². The van der Waals surface area contributed by atoms with Gasteiger partial charge in [0.25, 0.3) is 0 Å². The molecule has 2 aromatic carbocycles. The van der Waals surface area contributed by atoms with Crippen molar-refractivity contribution in [1.82, 2.24) is 0 Å². The molecule has 2 aromatic rings. The average molecular weight is 264 g/mol. The highest BCUT2D eigenvalue weighted by atomic mass is 15.2. The lowest BCUT2D eigenvalue weighted by atomic mass is 10.1. The van der Waals surface area contributed by atoms with E-state index in [-0.39, 0.29) is 0 Å². The van der Waals surface area contributed by atoms with E-state index in [0.29, 0.717) is 0 Å². The van der Waals surface area contributed by atoms with Crippen LogP contribution in [-0.4, -0.2) is 12.4 Å². The summed E-state index contributed by atoms with van der Waals surface area (Å²) in [5.41, 5.74) is 5.09. The summed E-state index contributed by atoms with van der Waals surface area (Å²) in [7, 11) is 0. The number of aryl methyl sites for hydroxylation is 2. The highest BCUT2D eigenvalue weighted by Crippen LogP contribution is 2.04. The molecule has 0 aliphatic heterocycles. The fourth-order valence-corrected chi connectivity index (χ4v) is 2.06. The lowest BCUT2D eigenvalue weighted by Gasteiger charge is -1.97. The second-order valence-electron chi connectivity index (χ2n) is 4.98. The first-order chi connectivity index (χ1) is 9.74. The fourth-order valence-electron chi connectivity index (χ4n) is 2.06. The molecule has 0 unspecified atom stereocenters. The van der Waals surface area contributed by atoms with Gasteiger partial charge in [-0.05, 0) is 25.0 Å². The molecule has 0 bridgehead atoms. The van der Waals surface area contributed by atoms with Crippen molar-refractivity contribution in [2.45, 2.75) is 26.7 Å². The molecule has 2 heteroatoms. The Morgan fingerprint density at radius 2 is 1.20 bits per heavy atom. The summed E-state index contributed by atoms with van der Waals surface area (Å²) in [6, 6.07) is 16.9. The second kappa shape index (κ2) is 7.39. The molecule has 0 aliphatic carbocycles. The van der Waals surface area contributed by atoms with Gasteiger partial charge in [-0.3, -0.25) is 0 Å². The van der Waals surface area contributed by atoms with Gasteiger partial charge in [-0.2, -0.15) is 10.2 Å². The van der Waals surface area contributed by atoms with Crippen molar-refractivity contribution in [1.29, 1.82) is 0 Å². The third-order valence-corrected chi connectivity index (χ3v) is 3.05. The summed E-state index contributed by atoms with van der Waals surface area (Å²) in [6.07, 6.45) is 5.34. The lowest BCUT2D eigenvalue weighted by Crippen LogP contribution is -1.88. The SMILES string of the molecule is Cc1cccc(C/C=N/N=C/Cc2cccc(C)c2)c1. The fraction of sp³-hybridized carbons (Fsp3) is 0.222.